The third kappa shape index (κ3) is 9.52. The predicted molar refractivity (Wildman–Crippen MR) is 136 cm³/mol. The van der Waals surface area contributed by atoms with Crippen molar-refractivity contribution >= 4 is 17.9 Å². The largest absolute Gasteiger partial charge is 0.445 e. The van der Waals surface area contributed by atoms with E-state index in [0.717, 1.165) is 5.56 Å². The quantitative estimate of drug-likeness (QED) is 0.188. The van der Waals surface area contributed by atoms with Crippen LogP contribution >= 0.6 is 0 Å². The fraction of sp³-hybridized carbons (Fsp3) is 0.654. The number of nitrogens with one attached hydrogen (secondary N) is 3. The topological polar surface area (TPSA) is 187 Å². The molecule has 0 unspecified atom stereocenters. The lowest BCUT2D eigenvalue weighted by atomic mass is 9.96. The highest BCUT2D eigenvalue weighted by Gasteiger charge is 2.45. The molecule has 1 aliphatic rings. The number of benzene rings is 1. The Morgan fingerprint density at radius 3 is 2.03 bits per heavy atom. The van der Waals surface area contributed by atoms with E-state index in [0.29, 0.717) is 0 Å². The summed E-state index contributed by atoms with van der Waals surface area (Å²) in [6.07, 6.45) is -6.36. The zero-order valence-corrected chi connectivity index (χ0v) is 22.2. The Hall–Kier alpha value is -2.77. The van der Waals surface area contributed by atoms with Crippen molar-refractivity contribution in [3.05, 3.63) is 35.9 Å². The first-order chi connectivity index (χ1) is 17.9. The summed E-state index contributed by atoms with van der Waals surface area (Å²) >= 11 is 0. The molecule has 38 heavy (non-hydrogen) atoms. The van der Waals surface area contributed by atoms with Crippen LogP contribution in [0.4, 0.5) is 4.79 Å². The molecule has 12 heteroatoms. The van der Waals surface area contributed by atoms with Crippen LogP contribution in [0.25, 0.3) is 0 Å². The molecule has 0 saturated carbocycles. The van der Waals surface area contributed by atoms with Crippen molar-refractivity contribution in [1.82, 2.24) is 16.0 Å². The highest BCUT2D eigenvalue weighted by molar-refractivity contribution is 5.91. The number of rotatable bonds is 12. The van der Waals surface area contributed by atoms with Gasteiger partial charge in [0.15, 0.2) is 6.29 Å². The number of ether oxygens (including phenoxy) is 2. The first-order valence-electron chi connectivity index (χ1n) is 12.8. The highest BCUT2D eigenvalue weighted by atomic mass is 16.6. The van der Waals surface area contributed by atoms with E-state index in [1.807, 2.05) is 45.9 Å². The summed E-state index contributed by atoms with van der Waals surface area (Å²) in [5.74, 6) is -1.32. The van der Waals surface area contributed by atoms with Gasteiger partial charge < -0.3 is 45.9 Å². The monoisotopic (exact) mass is 539 g/mol. The van der Waals surface area contributed by atoms with Gasteiger partial charge in [0.05, 0.1) is 6.61 Å². The van der Waals surface area contributed by atoms with Crippen LogP contribution in [-0.4, -0.2) is 87.7 Å². The Kier molecular flexibility index (Phi) is 12.4. The molecule has 0 spiro atoms. The van der Waals surface area contributed by atoms with Crippen LogP contribution in [0.5, 0.6) is 0 Å². The number of aliphatic hydroxyl groups is 4. The molecule has 1 fully saturated rings. The molecule has 12 nitrogen and oxygen atoms in total. The number of hydrogen-bond donors (Lipinski definition) is 7. The average Bonchev–Trinajstić information content (AvgIpc) is 2.86. The number of hydrogen-bond acceptors (Lipinski definition) is 9. The van der Waals surface area contributed by atoms with Crippen molar-refractivity contribution in [2.75, 3.05) is 6.61 Å². The van der Waals surface area contributed by atoms with Gasteiger partial charge in [-0.1, -0.05) is 58.0 Å². The lowest BCUT2D eigenvalue weighted by molar-refractivity contribution is -0.254. The molecule has 7 atom stereocenters. The number of carbonyl (C=O) groups excluding carboxylic acids is 3. The fourth-order valence-electron chi connectivity index (χ4n) is 4.10. The van der Waals surface area contributed by atoms with Gasteiger partial charge in [0, 0.05) is 0 Å². The molecular weight excluding hydrogens is 498 g/mol. The summed E-state index contributed by atoms with van der Waals surface area (Å²) in [7, 11) is 0. The Balaban J connectivity index is 2.07. The van der Waals surface area contributed by atoms with Gasteiger partial charge in [-0.05, 0) is 30.2 Å². The number of alkyl carbamates (subject to hydrolysis) is 1. The molecule has 2 rings (SSSR count). The number of carbonyl (C=O) groups is 3. The van der Waals surface area contributed by atoms with Crippen LogP contribution in [0.2, 0.25) is 0 Å². The van der Waals surface area contributed by atoms with Crippen LogP contribution < -0.4 is 16.0 Å². The summed E-state index contributed by atoms with van der Waals surface area (Å²) < 4.78 is 10.3. The maximum atomic E-state index is 13.2. The smallest absolute Gasteiger partial charge is 0.408 e. The standard InChI is InChI=1S/C26H41N3O9/c1-14(2)10-17(24(34)29-20-22(32)21(31)19(12-30)38-25(20)35)27-23(33)18(11-15(3)4)28-26(36)37-13-16-8-6-5-7-9-16/h5-9,14-15,17-22,25,30-32,35H,10-13H2,1-4H3,(H,27,33)(H,28,36)(H,29,34)/t17-,18-,19+,20+,21+,22+,25+/m0/s1. The molecular formula is C26H41N3O9. The van der Waals surface area contributed by atoms with Crippen LogP contribution in [0.15, 0.2) is 30.3 Å². The second-order valence-corrected chi connectivity index (χ2v) is 10.3. The maximum Gasteiger partial charge on any atom is 0.408 e. The van der Waals surface area contributed by atoms with Gasteiger partial charge in [-0.2, -0.15) is 0 Å². The molecule has 0 radical (unpaired) electrons. The summed E-state index contributed by atoms with van der Waals surface area (Å²) in [5, 5.41) is 47.6. The summed E-state index contributed by atoms with van der Waals surface area (Å²) in [6.45, 7) is 6.84. The molecule has 3 amide bonds. The van der Waals surface area contributed by atoms with Crippen LogP contribution in [0, 0.1) is 11.8 Å². The molecule has 214 valence electrons. The van der Waals surface area contributed by atoms with Crippen LogP contribution in [0.3, 0.4) is 0 Å². The molecule has 7 N–H and O–H groups in total. The van der Waals surface area contributed by atoms with E-state index >= 15 is 0 Å². The highest BCUT2D eigenvalue weighted by Crippen LogP contribution is 2.20. The van der Waals surface area contributed by atoms with E-state index in [1.54, 1.807) is 12.1 Å². The second-order valence-electron chi connectivity index (χ2n) is 10.3. The van der Waals surface area contributed by atoms with E-state index in [1.165, 1.54) is 0 Å². The van der Waals surface area contributed by atoms with Gasteiger partial charge >= 0.3 is 6.09 Å². The Morgan fingerprint density at radius 2 is 1.47 bits per heavy atom. The van der Waals surface area contributed by atoms with Gasteiger partial charge in [-0.3, -0.25) is 9.59 Å². The van der Waals surface area contributed by atoms with E-state index < -0.39 is 67.2 Å². The lowest BCUT2D eigenvalue weighted by Crippen LogP contribution is -2.66. The predicted octanol–water partition coefficient (Wildman–Crippen LogP) is -0.225. The molecule has 1 aromatic carbocycles. The fourth-order valence-corrected chi connectivity index (χ4v) is 4.10. The van der Waals surface area contributed by atoms with Gasteiger partial charge in [-0.15, -0.1) is 0 Å². The summed E-state index contributed by atoms with van der Waals surface area (Å²) in [4.78, 5) is 38.7. The Bertz CT molecular complexity index is 899. The average molecular weight is 540 g/mol. The van der Waals surface area contributed by atoms with E-state index in [4.69, 9.17) is 9.47 Å². The van der Waals surface area contributed by atoms with E-state index in [9.17, 15) is 34.8 Å². The van der Waals surface area contributed by atoms with Crippen molar-refractivity contribution in [2.24, 2.45) is 11.8 Å². The van der Waals surface area contributed by atoms with E-state index in [2.05, 4.69) is 16.0 Å². The third-order valence-corrected chi connectivity index (χ3v) is 6.08. The summed E-state index contributed by atoms with van der Waals surface area (Å²) in [6, 6.07) is 5.61. The van der Waals surface area contributed by atoms with Crippen molar-refractivity contribution in [3.63, 3.8) is 0 Å². The van der Waals surface area contributed by atoms with Crippen molar-refractivity contribution in [3.8, 4) is 0 Å². The second kappa shape index (κ2) is 15.0. The van der Waals surface area contributed by atoms with Gasteiger partial charge in [0.1, 0.15) is 43.0 Å². The maximum absolute atomic E-state index is 13.2. The minimum Gasteiger partial charge on any atom is -0.445 e. The van der Waals surface area contributed by atoms with Gasteiger partial charge in [0.2, 0.25) is 11.8 Å². The number of amides is 3. The zero-order chi connectivity index (χ0) is 28.4. The summed E-state index contributed by atoms with van der Waals surface area (Å²) in [5.41, 5.74) is 0.785. The minimum atomic E-state index is -1.69. The third-order valence-electron chi connectivity index (χ3n) is 6.08. The molecule has 1 saturated heterocycles. The Labute approximate surface area is 222 Å². The SMILES string of the molecule is CC(C)C[C@H](NC(=O)OCc1ccccc1)C(=O)N[C@@H](CC(C)C)C(=O)N[C@@H]1[C@@H](O)[C@H](O)[C@@H](CO)O[C@H]1O. The molecule has 0 bridgehead atoms. The van der Waals surface area contributed by atoms with Crippen molar-refractivity contribution in [1.29, 1.82) is 0 Å². The first kappa shape index (κ1) is 31.4. The molecule has 1 aromatic rings. The van der Waals surface area contributed by atoms with Gasteiger partial charge in [-0.25, -0.2) is 4.79 Å². The number of aliphatic hydroxyl groups excluding tert-OH is 4. The van der Waals surface area contributed by atoms with Crippen molar-refractivity contribution < 1.29 is 44.3 Å². The first-order valence-corrected chi connectivity index (χ1v) is 12.8. The van der Waals surface area contributed by atoms with E-state index in [-0.39, 0.29) is 31.3 Å². The Morgan fingerprint density at radius 1 is 0.895 bits per heavy atom. The van der Waals surface area contributed by atoms with Gasteiger partial charge in [0.25, 0.3) is 0 Å². The van der Waals surface area contributed by atoms with Crippen molar-refractivity contribution in [2.45, 2.75) is 89.9 Å². The molecule has 0 aromatic heterocycles. The molecule has 1 aliphatic heterocycles. The lowest BCUT2D eigenvalue weighted by Gasteiger charge is -2.40. The molecule has 1 heterocycles. The molecule has 0 aliphatic carbocycles. The normalized spacial score (nSPS) is 24.9. The van der Waals surface area contributed by atoms with Crippen LogP contribution in [0.1, 0.15) is 46.1 Å². The zero-order valence-electron chi connectivity index (χ0n) is 22.2. The van der Waals surface area contributed by atoms with Crippen LogP contribution in [-0.2, 0) is 25.7 Å². The minimum absolute atomic E-state index is 0.0260.